The number of H-pyrrole nitrogens is 1. The largest absolute Gasteiger partial charge is 0.417 e. The Morgan fingerprint density at radius 3 is 2.64 bits per heavy atom. The van der Waals surface area contributed by atoms with E-state index in [-0.39, 0.29) is 5.76 Å². The molecule has 2 aromatic rings. The molecule has 0 amide bonds. The van der Waals surface area contributed by atoms with E-state index in [2.05, 4.69) is 14.8 Å². The van der Waals surface area contributed by atoms with Gasteiger partial charge >= 0.3 is 5.76 Å². The van der Waals surface area contributed by atoms with E-state index in [4.69, 9.17) is 10.3 Å². The van der Waals surface area contributed by atoms with E-state index in [0.29, 0.717) is 5.58 Å². The van der Waals surface area contributed by atoms with Crippen molar-refractivity contribution in [2.24, 2.45) is 11.8 Å². The number of anilines is 1. The van der Waals surface area contributed by atoms with Gasteiger partial charge in [0.15, 0.2) is 5.58 Å². The Morgan fingerprint density at radius 2 is 1.88 bits per heavy atom. The van der Waals surface area contributed by atoms with Crippen LogP contribution in [0.5, 0.6) is 0 Å². The van der Waals surface area contributed by atoms with Crippen molar-refractivity contribution in [1.82, 2.24) is 14.9 Å². The average molecular weight is 345 g/mol. The number of nitrogens with two attached hydrogens (primary N) is 1. The molecule has 0 spiro atoms. The molecule has 1 aromatic heterocycles. The SMILES string of the molecule is NN1CCC(CCN2CCN(c3cccc4[nH]c(=O)oc34)CC2)CC1. The van der Waals surface area contributed by atoms with Crippen molar-refractivity contribution >= 4 is 16.8 Å². The van der Waals surface area contributed by atoms with Gasteiger partial charge in [-0.25, -0.2) is 9.80 Å². The normalized spacial score (nSPS) is 21.2. The lowest BCUT2D eigenvalue weighted by atomic mass is 9.94. The molecule has 0 saturated carbocycles. The quantitative estimate of drug-likeness (QED) is 0.811. The van der Waals surface area contributed by atoms with Crippen LogP contribution in [0.4, 0.5) is 5.69 Å². The number of nitrogens with one attached hydrogen (secondary N) is 1. The third-order valence-corrected chi connectivity index (χ3v) is 5.64. The highest BCUT2D eigenvalue weighted by Crippen LogP contribution is 2.26. The highest BCUT2D eigenvalue weighted by Gasteiger charge is 2.22. The molecule has 0 unspecified atom stereocenters. The predicted octanol–water partition coefficient (Wildman–Crippen LogP) is 1.22. The first-order chi connectivity index (χ1) is 12.2. The van der Waals surface area contributed by atoms with Crippen LogP contribution in [0.3, 0.4) is 0 Å². The van der Waals surface area contributed by atoms with Crippen LogP contribution in [0.1, 0.15) is 19.3 Å². The molecule has 0 aliphatic carbocycles. The fraction of sp³-hybridized carbons (Fsp3) is 0.611. The van der Waals surface area contributed by atoms with Crippen molar-refractivity contribution in [1.29, 1.82) is 0 Å². The van der Waals surface area contributed by atoms with Crippen LogP contribution in [-0.2, 0) is 0 Å². The Morgan fingerprint density at radius 1 is 1.12 bits per heavy atom. The minimum atomic E-state index is -0.385. The summed E-state index contributed by atoms with van der Waals surface area (Å²) in [6.07, 6.45) is 3.73. The van der Waals surface area contributed by atoms with Crippen LogP contribution in [0.2, 0.25) is 0 Å². The number of hydrogen-bond acceptors (Lipinski definition) is 6. The predicted molar refractivity (Wildman–Crippen MR) is 98.6 cm³/mol. The molecule has 2 saturated heterocycles. The Bertz CT molecular complexity index is 754. The van der Waals surface area contributed by atoms with Gasteiger partial charge in [0, 0.05) is 39.3 Å². The van der Waals surface area contributed by atoms with Crippen molar-refractivity contribution in [3.8, 4) is 0 Å². The van der Waals surface area contributed by atoms with Gasteiger partial charge in [-0.2, -0.15) is 0 Å². The van der Waals surface area contributed by atoms with Gasteiger partial charge in [-0.3, -0.25) is 15.7 Å². The first-order valence-corrected chi connectivity index (χ1v) is 9.28. The third kappa shape index (κ3) is 3.73. The van der Waals surface area contributed by atoms with E-state index >= 15 is 0 Å². The average Bonchev–Trinajstić information content (AvgIpc) is 3.02. The number of hydrazine groups is 1. The second-order valence-corrected chi connectivity index (χ2v) is 7.27. The Kier molecular flexibility index (Phi) is 4.78. The number of aromatic amines is 1. The van der Waals surface area contributed by atoms with E-state index in [0.717, 1.165) is 56.4 Å². The second kappa shape index (κ2) is 7.19. The van der Waals surface area contributed by atoms with Crippen molar-refractivity contribution in [2.75, 3.05) is 50.7 Å². The van der Waals surface area contributed by atoms with E-state index in [9.17, 15) is 4.79 Å². The Balaban J connectivity index is 1.31. The molecule has 7 heteroatoms. The summed E-state index contributed by atoms with van der Waals surface area (Å²) in [7, 11) is 0. The number of piperazine rings is 1. The summed E-state index contributed by atoms with van der Waals surface area (Å²) >= 11 is 0. The minimum absolute atomic E-state index is 0.385. The highest BCUT2D eigenvalue weighted by atomic mass is 16.4. The number of piperidine rings is 1. The number of rotatable bonds is 4. The summed E-state index contributed by atoms with van der Waals surface area (Å²) in [5.74, 6) is 6.27. The number of aromatic nitrogens is 1. The first kappa shape index (κ1) is 16.6. The summed E-state index contributed by atoms with van der Waals surface area (Å²) < 4.78 is 5.33. The van der Waals surface area contributed by atoms with Crippen LogP contribution < -0.4 is 16.5 Å². The van der Waals surface area contributed by atoms with Crippen molar-refractivity contribution < 1.29 is 4.42 Å². The van der Waals surface area contributed by atoms with Crippen LogP contribution in [-0.4, -0.2) is 60.7 Å². The van der Waals surface area contributed by atoms with E-state index in [1.54, 1.807) is 0 Å². The van der Waals surface area contributed by atoms with Crippen molar-refractivity contribution in [3.63, 3.8) is 0 Å². The molecule has 7 nitrogen and oxygen atoms in total. The second-order valence-electron chi connectivity index (χ2n) is 7.27. The lowest BCUT2D eigenvalue weighted by Crippen LogP contribution is -2.47. The molecule has 3 N–H and O–H groups in total. The zero-order valence-corrected chi connectivity index (χ0v) is 14.6. The molecular weight excluding hydrogens is 318 g/mol. The fourth-order valence-electron chi connectivity index (χ4n) is 4.03. The van der Waals surface area contributed by atoms with Crippen LogP contribution in [0.15, 0.2) is 27.4 Å². The van der Waals surface area contributed by atoms with Gasteiger partial charge in [0.1, 0.15) is 0 Å². The summed E-state index contributed by atoms with van der Waals surface area (Å²) in [6, 6.07) is 5.89. The summed E-state index contributed by atoms with van der Waals surface area (Å²) in [6.45, 7) is 7.28. The van der Waals surface area contributed by atoms with Gasteiger partial charge in [0.25, 0.3) is 0 Å². The molecule has 2 fully saturated rings. The van der Waals surface area contributed by atoms with Gasteiger partial charge in [-0.05, 0) is 43.9 Å². The summed E-state index contributed by atoms with van der Waals surface area (Å²) in [4.78, 5) is 19.1. The van der Waals surface area contributed by atoms with E-state index in [1.807, 2.05) is 23.2 Å². The number of oxazole rings is 1. The maximum absolute atomic E-state index is 11.5. The number of para-hydroxylation sites is 1. The molecule has 25 heavy (non-hydrogen) atoms. The van der Waals surface area contributed by atoms with Gasteiger partial charge in [-0.15, -0.1) is 0 Å². The standard InChI is InChI=1S/C18H27N5O2/c19-23-8-5-14(6-9-23)4-7-21-10-12-22(13-11-21)16-3-1-2-15-17(16)25-18(24)20-15/h1-3,14H,4-13,19H2,(H,20,24). The molecule has 2 aliphatic heterocycles. The van der Waals surface area contributed by atoms with E-state index in [1.165, 1.54) is 25.8 Å². The van der Waals surface area contributed by atoms with Crippen LogP contribution >= 0.6 is 0 Å². The molecule has 0 bridgehead atoms. The minimum Gasteiger partial charge on any atom is -0.406 e. The zero-order valence-electron chi connectivity index (χ0n) is 14.6. The first-order valence-electron chi connectivity index (χ1n) is 9.28. The maximum atomic E-state index is 11.5. The summed E-state index contributed by atoms with van der Waals surface area (Å²) in [5.41, 5.74) is 2.47. The molecule has 3 heterocycles. The lowest BCUT2D eigenvalue weighted by Gasteiger charge is -2.37. The topological polar surface area (TPSA) is 81.7 Å². The van der Waals surface area contributed by atoms with Crippen molar-refractivity contribution in [2.45, 2.75) is 19.3 Å². The number of fused-ring (bicyclic) bond motifs is 1. The van der Waals surface area contributed by atoms with Gasteiger partial charge in [0.2, 0.25) is 0 Å². The molecule has 0 atom stereocenters. The van der Waals surface area contributed by atoms with Gasteiger partial charge in [0.05, 0.1) is 11.2 Å². The fourth-order valence-corrected chi connectivity index (χ4v) is 4.03. The molecule has 2 aliphatic rings. The molecular formula is C18H27N5O2. The maximum Gasteiger partial charge on any atom is 0.417 e. The van der Waals surface area contributed by atoms with Crippen LogP contribution in [0, 0.1) is 5.92 Å². The third-order valence-electron chi connectivity index (χ3n) is 5.64. The summed E-state index contributed by atoms with van der Waals surface area (Å²) in [5, 5.41) is 1.94. The zero-order chi connectivity index (χ0) is 17.2. The molecule has 1 aromatic carbocycles. The van der Waals surface area contributed by atoms with Gasteiger partial charge in [-0.1, -0.05) is 6.07 Å². The number of benzene rings is 1. The molecule has 0 radical (unpaired) electrons. The highest BCUT2D eigenvalue weighted by molar-refractivity contribution is 5.86. The lowest BCUT2D eigenvalue weighted by molar-refractivity contribution is 0.163. The monoisotopic (exact) mass is 345 g/mol. The number of hydrogen-bond donors (Lipinski definition) is 2. The van der Waals surface area contributed by atoms with E-state index < -0.39 is 0 Å². The smallest absolute Gasteiger partial charge is 0.406 e. The number of nitrogens with zero attached hydrogens (tertiary/aromatic N) is 3. The van der Waals surface area contributed by atoms with Crippen molar-refractivity contribution in [3.05, 3.63) is 28.7 Å². The van der Waals surface area contributed by atoms with Gasteiger partial charge < -0.3 is 9.32 Å². The van der Waals surface area contributed by atoms with Crippen LogP contribution in [0.25, 0.3) is 11.1 Å². The Hall–Kier alpha value is -1.83. The molecule has 136 valence electrons. The molecule has 4 rings (SSSR count). The Labute approximate surface area is 147 Å².